The molecule has 0 aliphatic rings. The molecular formula is C6H11KNa2O7. The first-order chi connectivity index (χ1) is 5.93. The van der Waals surface area contributed by atoms with Crippen molar-refractivity contribution >= 4 is 17.9 Å². The fraction of sp³-hybridized carbons (Fsp3) is 0.500. The molecule has 0 rings (SSSR count). The molecule has 0 aliphatic heterocycles. The summed E-state index contributed by atoms with van der Waals surface area (Å²) in [6.45, 7) is -0.829. The number of carboxylic acid groups (broad SMARTS) is 3. The average molecular weight is 280 g/mol. The Kier molecular flexibility index (Phi) is 25.0. The predicted octanol–water partition coefficient (Wildman–Crippen LogP) is -9.64. The maximum Gasteiger partial charge on any atom is 1.00 e. The minimum atomic E-state index is -1.62. The summed E-state index contributed by atoms with van der Waals surface area (Å²) in [4.78, 5) is 30.3. The monoisotopic (exact) mass is 280 g/mol. The first kappa shape index (κ1) is 26.5. The molecular weight excluding hydrogens is 269 g/mol. The summed E-state index contributed by atoms with van der Waals surface area (Å²) in [6.07, 6.45) is -2.38. The van der Waals surface area contributed by atoms with Crippen LogP contribution in [0.1, 0.15) is 10.7 Å². The van der Waals surface area contributed by atoms with Gasteiger partial charge in [0.2, 0.25) is 0 Å². The van der Waals surface area contributed by atoms with Crippen LogP contribution >= 0.6 is 0 Å². The van der Waals surface area contributed by atoms with Crippen LogP contribution in [-0.2, 0) is 19.1 Å². The van der Waals surface area contributed by atoms with Crippen molar-refractivity contribution in [3.05, 3.63) is 0 Å². The predicted molar refractivity (Wildman–Crippen MR) is 40.6 cm³/mol. The summed E-state index contributed by atoms with van der Waals surface area (Å²) >= 11 is 0. The van der Waals surface area contributed by atoms with E-state index in [1.807, 2.05) is 0 Å². The molecule has 80 valence electrons. The molecule has 0 aromatic carbocycles. The third-order valence-corrected chi connectivity index (χ3v) is 1.04. The smallest absolute Gasteiger partial charge is 1.00 e. The fourth-order valence-electron chi connectivity index (χ4n) is 0.548. The summed E-state index contributed by atoms with van der Waals surface area (Å²) in [5, 5.41) is 24.7. The van der Waals surface area contributed by atoms with E-state index in [1.54, 1.807) is 0 Å². The molecule has 0 radical (unpaired) electrons. The largest absolute Gasteiger partial charge is 1.00 e. The van der Waals surface area contributed by atoms with Gasteiger partial charge in [-0.15, -0.1) is 0 Å². The maximum absolute atomic E-state index is 10.3. The molecule has 0 bridgehead atoms. The number of rotatable bonds is 6. The molecule has 0 fully saturated rings. The van der Waals surface area contributed by atoms with E-state index in [4.69, 9.17) is 15.3 Å². The van der Waals surface area contributed by atoms with Gasteiger partial charge in [-0.2, -0.15) is 0 Å². The van der Waals surface area contributed by atoms with Crippen molar-refractivity contribution in [2.24, 2.45) is 0 Å². The number of carbonyl (C=O) groups is 3. The second-order valence-corrected chi connectivity index (χ2v) is 2.13. The molecule has 10 heteroatoms. The van der Waals surface area contributed by atoms with E-state index < -0.39 is 37.0 Å². The standard InChI is InChI=1S/C6H8O7.K.2Na.3H/c7-4(8)1-3(6(11)12)13-2-5(9)10;;;;;;/h3H,1-2H2,(H,7,8)(H,9,10)(H,11,12);;;;;;/q;3*+1;3*-1. The van der Waals surface area contributed by atoms with Gasteiger partial charge in [0.25, 0.3) is 0 Å². The summed E-state index contributed by atoms with van der Waals surface area (Å²) in [6, 6.07) is 0. The Bertz CT molecular complexity index is 247. The van der Waals surface area contributed by atoms with Crippen molar-refractivity contribution in [1.82, 2.24) is 0 Å². The molecule has 7 nitrogen and oxygen atoms in total. The molecule has 0 aromatic rings. The SMILES string of the molecule is O=C(O)COC(CC(=O)O)C(=O)O.[H-].[H-].[H-].[K+].[Na+].[Na+]. The fourth-order valence-corrected chi connectivity index (χ4v) is 0.548. The van der Waals surface area contributed by atoms with E-state index in [2.05, 4.69) is 4.74 Å². The van der Waals surface area contributed by atoms with Crippen molar-refractivity contribution in [2.75, 3.05) is 6.61 Å². The van der Waals surface area contributed by atoms with Gasteiger partial charge in [0.05, 0.1) is 6.42 Å². The van der Waals surface area contributed by atoms with Gasteiger partial charge in [-0.1, -0.05) is 0 Å². The van der Waals surface area contributed by atoms with Crippen molar-refractivity contribution in [2.45, 2.75) is 12.5 Å². The van der Waals surface area contributed by atoms with Crippen molar-refractivity contribution in [3.8, 4) is 0 Å². The molecule has 0 heterocycles. The van der Waals surface area contributed by atoms with E-state index in [9.17, 15) is 14.4 Å². The summed E-state index contributed by atoms with van der Waals surface area (Å²) < 4.78 is 4.30. The molecule has 1 unspecified atom stereocenters. The quantitative estimate of drug-likeness (QED) is 0.413. The van der Waals surface area contributed by atoms with E-state index in [0.29, 0.717) is 0 Å². The third-order valence-electron chi connectivity index (χ3n) is 1.04. The normalized spacial score (nSPS) is 9.75. The van der Waals surface area contributed by atoms with Gasteiger partial charge in [-0.3, -0.25) is 4.79 Å². The van der Waals surface area contributed by atoms with Crippen molar-refractivity contribution < 1.29 is 149 Å². The molecule has 1 atom stereocenters. The topological polar surface area (TPSA) is 121 Å². The van der Waals surface area contributed by atoms with Gasteiger partial charge in [-0.25, -0.2) is 9.59 Å². The summed E-state index contributed by atoms with van der Waals surface area (Å²) in [5.41, 5.74) is 0. The Morgan fingerprint density at radius 2 is 1.50 bits per heavy atom. The van der Waals surface area contributed by atoms with Crippen molar-refractivity contribution in [3.63, 3.8) is 0 Å². The van der Waals surface area contributed by atoms with E-state index in [0.717, 1.165) is 0 Å². The number of aliphatic carboxylic acids is 3. The Labute approximate surface area is 183 Å². The third kappa shape index (κ3) is 16.0. The number of carboxylic acids is 3. The van der Waals surface area contributed by atoms with Crippen LogP contribution in [-0.4, -0.2) is 45.9 Å². The number of hydrogen-bond acceptors (Lipinski definition) is 4. The van der Waals surface area contributed by atoms with Crippen LogP contribution in [0.3, 0.4) is 0 Å². The van der Waals surface area contributed by atoms with Gasteiger partial charge >= 0.3 is 128 Å². The Balaban J connectivity index is -0.0000000480. The van der Waals surface area contributed by atoms with E-state index in [1.165, 1.54) is 0 Å². The molecule has 0 amide bonds. The first-order valence-electron chi connectivity index (χ1n) is 3.21. The molecule has 0 aromatic heterocycles. The zero-order valence-electron chi connectivity index (χ0n) is 12.5. The Morgan fingerprint density at radius 1 is 1.06 bits per heavy atom. The zero-order valence-corrected chi connectivity index (χ0v) is 16.6. The number of ether oxygens (including phenoxy) is 1. The molecule has 16 heavy (non-hydrogen) atoms. The number of hydrogen-bond donors (Lipinski definition) is 3. The molecule has 0 saturated carbocycles. The maximum atomic E-state index is 10.3. The van der Waals surface area contributed by atoms with Crippen LogP contribution in [0.15, 0.2) is 0 Å². The second kappa shape index (κ2) is 15.1. The van der Waals surface area contributed by atoms with Gasteiger partial charge in [-0.05, 0) is 0 Å². The second-order valence-electron chi connectivity index (χ2n) is 2.13. The van der Waals surface area contributed by atoms with E-state index >= 15 is 0 Å². The molecule has 0 aliphatic carbocycles. The van der Waals surface area contributed by atoms with Gasteiger partial charge in [0, 0.05) is 0 Å². The first-order valence-corrected chi connectivity index (χ1v) is 3.21. The minimum Gasteiger partial charge on any atom is -1.00 e. The average Bonchev–Trinajstić information content (AvgIpc) is 1.96. The Morgan fingerprint density at radius 3 is 1.75 bits per heavy atom. The molecule has 0 spiro atoms. The van der Waals surface area contributed by atoms with Crippen LogP contribution in [0.4, 0.5) is 0 Å². The summed E-state index contributed by atoms with van der Waals surface area (Å²) in [7, 11) is 0. The van der Waals surface area contributed by atoms with Gasteiger partial charge < -0.3 is 24.3 Å². The summed E-state index contributed by atoms with van der Waals surface area (Å²) in [5.74, 6) is -4.21. The van der Waals surface area contributed by atoms with Crippen LogP contribution in [0.5, 0.6) is 0 Å². The Hall–Kier alpha value is 2.01. The van der Waals surface area contributed by atoms with Crippen LogP contribution in [0, 0.1) is 0 Å². The molecule has 3 N–H and O–H groups in total. The van der Waals surface area contributed by atoms with Gasteiger partial charge in [0.1, 0.15) is 6.61 Å². The van der Waals surface area contributed by atoms with Crippen LogP contribution < -0.4 is 110 Å². The van der Waals surface area contributed by atoms with Crippen LogP contribution in [0.25, 0.3) is 0 Å². The van der Waals surface area contributed by atoms with Crippen LogP contribution in [0.2, 0.25) is 0 Å². The van der Waals surface area contributed by atoms with Crippen molar-refractivity contribution in [1.29, 1.82) is 0 Å². The zero-order chi connectivity index (χ0) is 10.4. The van der Waals surface area contributed by atoms with E-state index in [-0.39, 0.29) is 115 Å². The molecule has 0 saturated heterocycles. The van der Waals surface area contributed by atoms with Gasteiger partial charge in [0.15, 0.2) is 6.10 Å². The minimum absolute atomic E-state index is 0.